The summed E-state index contributed by atoms with van der Waals surface area (Å²) in [5.41, 5.74) is 6.53. The van der Waals surface area contributed by atoms with Gasteiger partial charge in [-0.1, -0.05) is 54.6 Å². The molecule has 0 amide bonds. The van der Waals surface area contributed by atoms with Crippen molar-refractivity contribution >= 4 is 18.0 Å². The van der Waals surface area contributed by atoms with Crippen LogP contribution in [0, 0.1) is 6.42 Å². The third-order valence-corrected chi connectivity index (χ3v) is 4.45. The Labute approximate surface area is 160 Å². The first-order valence-corrected chi connectivity index (χ1v) is 8.92. The monoisotopic (exact) mass is 348 g/mol. The lowest BCUT2D eigenvalue weighted by Gasteiger charge is -2.17. The van der Waals surface area contributed by atoms with E-state index in [0.717, 1.165) is 28.1 Å². The summed E-state index contributed by atoms with van der Waals surface area (Å²) in [4.78, 5) is 4.44. The van der Waals surface area contributed by atoms with Crippen LogP contribution in [0.4, 0.5) is 5.69 Å². The molecule has 130 valence electrons. The van der Waals surface area contributed by atoms with Gasteiger partial charge in [-0.05, 0) is 29.0 Å². The van der Waals surface area contributed by atoms with Gasteiger partial charge in [0.2, 0.25) is 5.69 Å². The molecule has 0 saturated heterocycles. The molecule has 0 radical (unpaired) electrons. The highest BCUT2D eigenvalue weighted by Crippen LogP contribution is 2.30. The summed E-state index contributed by atoms with van der Waals surface area (Å²) in [5.74, 6) is 0. The quantitative estimate of drug-likeness (QED) is 0.329. The summed E-state index contributed by atoms with van der Waals surface area (Å²) in [6.07, 6.45) is 12.2. The topological polar surface area (TPSA) is 15.9 Å². The number of hydrogen-bond donors (Lipinski definition) is 0. The molecule has 0 N–H and O–H groups in total. The minimum Gasteiger partial charge on any atom is -0.305 e. The molecule has 3 aromatic rings. The Kier molecular flexibility index (Phi) is 4.80. The summed E-state index contributed by atoms with van der Waals surface area (Å²) in [6, 6.07) is 24.6. The van der Waals surface area contributed by atoms with Crippen LogP contribution in [0.5, 0.6) is 0 Å². The Balaban J connectivity index is 1.67. The minimum absolute atomic E-state index is 0.966. The lowest BCUT2D eigenvalue weighted by molar-refractivity contribution is -0.349. The van der Waals surface area contributed by atoms with Crippen molar-refractivity contribution in [2.24, 2.45) is 0 Å². The van der Waals surface area contributed by atoms with Gasteiger partial charge in [0.15, 0.2) is 6.20 Å². The molecule has 0 atom stereocenters. The van der Waals surface area contributed by atoms with E-state index in [1.54, 1.807) is 0 Å². The van der Waals surface area contributed by atoms with Gasteiger partial charge >= 0.3 is 0 Å². The van der Waals surface area contributed by atoms with Crippen LogP contribution < -0.4 is 0 Å². The molecule has 2 aromatic carbocycles. The lowest BCUT2D eigenvalue weighted by atomic mass is 9.99. The molecule has 0 bridgehead atoms. The van der Waals surface area contributed by atoms with E-state index in [4.69, 9.17) is 0 Å². The van der Waals surface area contributed by atoms with E-state index in [2.05, 4.69) is 72.7 Å². The fourth-order valence-electron chi connectivity index (χ4n) is 3.15. The van der Waals surface area contributed by atoms with Crippen molar-refractivity contribution in [1.82, 2.24) is 4.98 Å². The van der Waals surface area contributed by atoms with E-state index < -0.39 is 0 Å². The zero-order valence-corrected chi connectivity index (χ0v) is 15.0. The zero-order chi connectivity index (χ0) is 18.5. The van der Waals surface area contributed by atoms with Crippen LogP contribution in [0.25, 0.3) is 16.7 Å². The van der Waals surface area contributed by atoms with Crippen molar-refractivity contribution in [2.75, 3.05) is 0 Å². The van der Waals surface area contributed by atoms with E-state index in [0.29, 0.717) is 0 Å². The number of para-hydroxylation sites is 1. The van der Waals surface area contributed by atoms with Gasteiger partial charge in [-0.25, -0.2) is 0 Å². The van der Waals surface area contributed by atoms with Crippen molar-refractivity contribution in [1.29, 1.82) is 0 Å². The molecule has 1 aromatic heterocycles. The van der Waals surface area contributed by atoms with Crippen molar-refractivity contribution in [3.05, 3.63) is 121 Å². The maximum atomic E-state index is 4.44. The largest absolute Gasteiger partial charge is 0.305 e. The number of aromatic nitrogens is 1. The van der Waals surface area contributed by atoms with Crippen LogP contribution in [0.2, 0.25) is 0 Å². The van der Waals surface area contributed by atoms with Crippen LogP contribution in [0.1, 0.15) is 5.69 Å². The summed E-state index contributed by atoms with van der Waals surface area (Å²) in [7, 11) is 0. The van der Waals surface area contributed by atoms with Gasteiger partial charge in [-0.3, -0.25) is 0 Å². The Hall–Kier alpha value is -3.65. The molecule has 0 unspecified atom stereocenters. The number of nitrogens with zero attached hydrogens (tertiary/aromatic N) is 2. The molecule has 4 rings (SSSR count). The lowest BCUT2D eigenvalue weighted by Crippen LogP contribution is -1.98. The molecule has 0 fully saturated rings. The molecule has 2 heteroatoms. The molecule has 1 aliphatic carbocycles. The highest BCUT2D eigenvalue weighted by molar-refractivity contribution is 5.77. The first-order valence-electron chi connectivity index (χ1n) is 8.92. The molecule has 1 heterocycles. The standard InChI is InChI=1S/C25H20N2/c1-27(25-16-6-5-14-23(25)21-11-3-2-4-12-21)19-20-10-9-13-22(18-20)24-15-7-8-17-26-24/h2-19H,1H2. The number of benzene rings is 2. The third kappa shape index (κ3) is 3.80. The fourth-order valence-corrected chi connectivity index (χ4v) is 3.15. The van der Waals surface area contributed by atoms with E-state index in [1.165, 1.54) is 5.56 Å². The predicted molar refractivity (Wildman–Crippen MR) is 113 cm³/mol. The maximum Gasteiger partial charge on any atom is 0.217 e. The minimum atomic E-state index is 0.966. The van der Waals surface area contributed by atoms with Gasteiger partial charge in [-0.15, -0.1) is 30.2 Å². The van der Waals surface area contributed by atoms with Gasteiger partial charge in [-0.2, -0.15) is 4.58 Å². The first kappa shape index (κ1) is 16.8. The average Bonchev–Trinajstić information content (AvgIpc) is 2.75. The van der Waals surface area contributed by atoms with Crippen molar-refractivity contribution in [3.63, 3.8) is 0 Å². The molecule has 1 aliphatic rings. The highest BCUT2D eigenvalue weighted by Gasteiger charge is 2.12. The Bertz CT molecular complexity index is 1040. The molecule has 27 heavy (non-hydrogen) atoms. The summed E-state index contributed by atoms with van der Waals surface area (Å²) >= 11 is 0. The number of hydrogen-bond acceptors (Lipinski definition) is 1. The van der Waals surface area contributed by atoms with Crippen molar-refractivity contribution in [3.8, 4) is 11.1 Å². The Morgan fingerprint density at radius 3 is 2.48 bits per heavy atom. The van der Waals surface area contributed by atoms with Crippen molar-refractivity contribution in [2.45, 2.75) is 0 Å². The molecule has 0 saturated carbocycles. The SMILES string of the molecule is C=[N+](C=C1C=C[CH-]C(c2ccccn2)=C1)c1ccccc1-c1ccccc1. The van der Waals surface area contributed by atoms with E-state index in [-0.39, 0.29) is 0 Å². The van der Waals surface area contributed by atoms with Gasteiger partial charge in [0.05, 0.1) is 5.56 Å². The second-order valence-corrected chi connectivity index (χ2v) is 6.32. The summed E-state index contributed by atoms with van der Waals surface area (Å²) in [5, 5.41) is 0. The van der Waals surface area contributed by atoms with Crippen LogP contribution >= 0.6 is 0 Å². The second kappa shape index (κ2) is 7.71. The van der Waals surface area contributed by atoms with Crippen LogP contribution in [-0.4, -0.2) is 16.3 Å². The number of allylic oxidation sites excluding steroid dienone is 5. The zero-order valence-electron chi connectivity index (χ0n) is 15.0. The van der Waals surface area contributed by atoms with Crippen LogP contribution in [0.15, 0.2) is 109 Å². The number of rotatable bonds is 4. The van der Waals surface area contributed by atoms with Gasteiger partial charge in [0.25, 0.3) is 0 Å². The van der Waals surface area contributed by atoms with Gasteiger partial charge in [0, 0.05) is 12.3 Å². The second-order valence-electron chi connectivity index (χ2n) is 6.32. The average molecular weight is 348 g/mol. The van der Waals surface area contributed by atoms with Gasteiger partial charge in [0.1, 0.15) is 6.72 Å². The summed E-state index contributed by atoms with van der Waals surface area (Å²) < 4.78 is 1.93. The summed E-state index contributed by atoms with van der Waals surface area (Å²) in [6.45, 7) is 4.25. The maximum absolute atomic E-state index is 4.44. The van der Waals surface area contributed by atoms with E-state index >= 15 is 0 Å². The molecule has 0 aliphatic heterocycles. The third-order valence-electron chi connectivity index (χ3n) is 4.45. The van der Waals surface area contributed by atoms with Crippen LogP contribution in [0.3, 0.4) is 0 Å². The molecular weight excluding hydrogens is 328 g/mol. The molecule has 2 nitrogen and oxygen atoms in total. The van der Waals surface area contributed by atoms with Crippen molar-refractivity contribution < 1.29 is 4.58 Å². The number of pyridine rings is 1. The Morgan fingerprint density at radius 2 is 1.67 bits per heavy atom. The smallest absolute Gasteiger partial charge is 0.217 e. The van der Waals surface area contributed by atoms with E-state index in [1.807, 2.05) is 53.4 Å². The van der Waals surface area contributed by atoms with Crippen LogP contribution in [-0.2, 0) is 0 Å². The normalized spacial score (nSPS) is 14.5. The van der Waals surface area contributed by atoms with Gasteiger partial charge < -0.3 is 4.98 Å². The first-order chi connectivity index (χ1) is 13.3. The molecular formula is C25H20N2. The Morgan fingerprint density at radius 1 is 0.889 bits per heavy atom. The molecule has 0 spiro atoms. The highest BCUT2D eigenvalue weighted by atomic mass is 15.0. The fraction of sp³-hybridized carbons (Fsp3) is 0. The predicted octanol–water partition coefficient (Wildman–Crippen LogP) is 5.83. The van der Waals surface area contributed by atoms with E-state index in [9.17, 15) is 0 Å².